The highest BCUT2D eigenvalue weighted by Crippen LogP contribution is 2.24. The monoisotopic (exact) mass is 311 g/mol. The van der Waals surface area contributed by atoms with Gasteiger partial charge in [0, 0.05) is 12.1 Å². The number of aromatic nitrogens is 5. The van der Waals surface area contributed by atoms with E-state index in [1.807, 2.05) is 18.2 Å². The standard InChI is InChI=1S/C15H17N7O/c16-7-13-20-10-5-4-9(6-11(10)21-13)19-15(23)12-2-1-3-14-17-8-18-22(12)14/h4-6,8,12H,1-3,7,16H2,(H,19,23)(H,20,21). The lowest BCUT2D eigenvalue weighted by atomic mass is 10.0. The predicted molar refractivity (Wildman–Crippen MR) is 84.6 cm³/mol. The fourth-order valence-electron chi connectivity index (χ4n) is 2.99. The average molecular weight is 311 g/mol. The summed E-state index contributed by atoms with van der Waals surface area (Å²) in [5.74, 6) is 1.52. The van der Waals surface area contributed by atoms with Crippen LogP contribution < -0.4 is 11.1 Å². The van der Waals surface area contributed by atoms with E-state index in [0.29, 0.717) is 6.54 Å². The number of nitrogens with two attached hydrogens (primary N) is 1. The van der Waals surface area contributed by atoms with Crippen molar-refractivity contribution in [1.29, 1.82) is 0 Å². The van der Waals surface area contributed by atoms with Gasteiger partial charge in [-0.15, -0.1) is 0 Å². The number of carbonyl (C=O) groups is 1. The van der Waals surface area contributed by atoms with Crippen molar-refractivity contribution in [2.45, 2.75) is 31.8 Å². The Labute approximate surface area is 132 Å². The smallest absolute Gasteiger partial charge is 0.249 e. The van der Waals surface area contributed by atoms with Crippen molar-refractivity contribution in [2.75, 3.05) is 5.32 Å². The van der Waals surface area contributed by atoms with Gasteiger partial charge in [0.1, 0.15) is 24.0 Å². The molecule has 4 N–H and O–H groups in total. The molecule has 2 aromatic heterocycles. The second-order valence-corrected chi connectivity index (χ2v) is 5.64. The number of imidazole rings is 1. The minimum atomic E-state index is -0.307. The van der Waals surface area contributed by atoms with Crippen molar-refractivity contribution in [1.82, 2.24) is 24.7 Å². The molecule has 3 heterocycles. The van der Waals surface area contributed by atoms with E-state index in [4.69, 9.17) is 5.73 Å². The summed E-state index contributed by atoms with van der Waals surface area (Å²) >= 11 is 0. The highest BCUT2D eigenvalue weighted by Gasteiger charge is 2.27. The molecule has 0 spiro atoms. The number of fused-ring (bicyclic) bond motifs is 2. The second-order valence-electron chi connectivity index (χ2n) is 5.64. The van der Waals surface area contributed by atoms with E-state index in [-0.39, 0.29) is 11.9 Å². The second kappa shape index (κ2) is 5.47. The van der Waals surface area contributed by atoms with Gasteiger partial charge >= 0.3 is 0 Å². The first kappa shape index (κ1) is 13.9. The molecule has 1 aromatic carbocycles. The maximum atomic E-state index is 12.6. The number of amides is 1. The highest BCUT2D eigenvalue weighted by molar-refractivity contribution is 5.95. The van der Waals surface area contributed by atoms with Crippen LogP contribution in [0.1, 0.15) is 30.5 Å². The summed E-state index contributed by atoms with van der Waals surface area (Å²) in [5.41, 5.74) is 8.00. The van der Waals surface area contributed by atoms with Crippen molar-refractivity contribution in [3.8, 4) is 0 Å². The number of carbonyl (C=O) groups excluding carboxylic acids is 1. The fourth-order valence-corrected chi connectivity index (χ4v) is 2.99. The molecule has 8 heteroatoms. The Morgan fingerprint density at radius 2 is 2.39 bits per heavy atom. The Balaban J connectivity index is 1.57. The van der Waals surface area contributed by atoms with Crippen molar-refractivity contribution < 1.29 is 4.79 Å². The Morgan fingerprint density at radius 3 is 3.26 bits per heavy atom. The number of hydrogen-bond donors (Lipinski definition) is 3. The molecular formula is C15H17N7O. The number of aryl methyl sites for hydroxylation is 1. The van der Waals surface area contributed by atoms with Gasteiger partial charge in [0.2, 0.25) is 5.91 Å². The molecule has 1 aliphatic rings. The summed E-state index contributed by atoms with van der Waals surface area (Å²) in [7, 11) is 0. The van der Waals surface area contributed by atoms with E-state index in [9.17, 15) is 4.79 Å². The number of H-pyrrole nitrogens is 1. The molecule has 3 aromatic rings. The molecule has 4 rings (SSSR count). The number of benzene rings is 1. The molecule has 0 bridgehead atoms. The lowest BCUT2D eigenvalue weighted by molar-refractivity contribution is -0.120. The van der Waals surface area contributed by atoms with Crippen molar-refractivity contribution in [2.24, 2.45) is 5.73 Å². The summed E-state index contributed by atoms with van der Waals surface area (Å²) < 4.78 is 1.72. The van der Waals surface area contributed by atoms with E-state index in [0.717, 1.165) is 47.6 Å². The SMILES string of the molecule is NCc1nc2ccc(NC(=O)C3CCCc4ncnn43)cc2[nH]1. The number of rotatable bonds is 3. The van der Waals surface area contributed by atoms with Crippen LogP contribution in [0, 0.1) is 0 Å². The summed E-state index contributed by atoms with van der Waals surface area (Å²) in [6.45, 7) is 0.355. The van der Waals surface area contributed by atoms with Crippen LogP contribution in [0.25, 0.3) is 11.0 Å². The molecule has 0 fully saturated rings. The highest BCUT2D eigenvalue weighted by atomic mass is 16.2. The van der Waals surface area contributed by atoms with E-state index >= 15 is 0 Å². The molecule has 0 radical (unpaired) electrons. The van der Waals surface area contributed by atoms with E-state index in [1.165, 1.54) is 6.33 Å². The third-order valence-corrected chi connectivity index (χ3v) is 4.11. The van der Waals surface area contributed by atoms with Gasteiger partial charge in [-0.1, -0.05) is 0 Å². The van der Waals surface area contributed by atoms with Crippen molar-refractivity contribution in [3.05, 3.63) is 36.2 Å². The third kappa shape index (κ3) is 2.46. The predicted octanol–water partition coefficient (Wildman–Crippen LogP) is 1.13. The maximum absolute atomic E-state index is 12.6. The Bertz CT molecular complexity index is 866. The van der Waals surface area contributed by atoms with Gasteiger partial charge in [-0.05, 0) is 31.0 Å². The number of hydrogen-bond acceptors (Lipinski definition) is 5. The van der Waals surface area contributed by atoms with Gasteiger partial charge in [-0.3, -0.25) is 4.79 Å². The van der Waals surface area contributed by atoms with Gasteiger partial charge in [-0.2, -0.15) is 5.10 Å². The molecular weight excluding hydrogens is 294 g/mol. The molecule has 8 nitrogen and oxygen atoms in total. The van der Waals surface area contributed by atoms with Crippen LogP contribution in [-0.2, 0) is 17.8 Å². The Morgan fingerprint density at radius 1 is 1.48 bits per heavy atom. The van der Waals surface area contributed by atoms with Crippen LogP contribution in [0.4, 0.5) is 5.69 Å². The minimum absolute atomic E-state index is 0.0747. The van der Waals surface area contributed by atoms with Gasteiger partial charge in [0.25, 0.3) is 0 Å². The summed E-state index contributed by atoms with van der Waals surface area (Å²) in [6, 6.07) is 5.26. The number of nitrogens with one attached hydrogen (secondary N) is 2. The third-order valence-electron chi connectivity index (χ3n) is 4.11. The van der Waals surface area contributed by atoms with Gasteiger partial charge in [0.15, 0.2) is 0 Å². The van der Waals surface area contributed by atoms with E-state index in [2.05, 4.69) is 25.4 Å². The molecule has 1 aliphatic heterocycles. The first-order valence-corrected chi connectivity index (χ1v) is 7.62. The topological polar surface area (TPSA) is 115 Å². The van der Waals surface area contributed by atoms with Crippen LogP contribution in [0.5, 0.6) is 0 Å². The molecule has 1 atom stereocenters. The van der Waals surface area contributed by atoms with Gasteiger partial charge in [-0.25, -0.2) is 14.6 Å². The normalized spacial score (nSPS) is 17.2. The van der Waals surface area contributed by atoms with Crippen LogP contribution >= 0.6 is 0 Å². The van der Waals surface area contributed by atoms with Gasteiger partial charge < -0.3 is 16.0 Å². The first-order valence-electron chi connectivity index (χ1n) is 7.62. The average Bonchev–Trinajstić information content (AvgIpc) is 3.19. The molecule has 0 aliphatic carbocycles. The van der Waals surface area contributed by atoms with Crippen molar-refractivity contribution >= 4 is 22.6 Å². The summed E-state index contributed by atoms with van der Waals surface area (Å²) in [5, 5.41) is 7.14. The van der Waals surface area contributed by atoms with Crippen molar-refractivity contribution in [3.63, 3.8) is 0 Å². The van der Waals surface area contributed by atoms with Crippen LogP contribution in [-0.4, -0.2) is 30.6 Å². The summed E-state index contributed by atoms with van der Waals surface area (Å²) in [6.07, 6.45) is 4.08. The zero-order valence-electron chi connectivity index (χ0n) is 12.5. The Hall–Kier alpha value is -2.74. The molecule has 1 amide bonds. The molecule has 118 valence electrons. The maximum Gasteiger partial charge on any atom is 0.249 e. The molecule has 0 saturated carbocycles. The van der Waals surface area contributed by atoms with Crippen LogP contribution in [0.15, 0.2) is 24.5 Å². The zero-order valence-corrected chi connectivity index (χ0v) is 12.5. The quantitative estimate of drug-likeness (QED) is 0.671. The lowest BCUT2D eigenvalue weighted by Crippen LogP contribution is -2.30. The minimum Gasteiger partial charge on any atom is -0.341 e. The first-order chi connectivity index (χ1) is 11.2. The number of anilines is 1. The summed E-state index contributed by atoms with van der Waals surface area (Å²) in [4.78, 5) is 24.3. The fraction of sp³-hybridized carbons (Fsp3) is 0.333. The molecule has 0 saturated heterocycles. The van der Waals surface area contributed by atoms with Crippen LogP contribution in [0.3, 0.4) is 0 Å². The van der Waals surface area contributed by atoms with Gasteiger partial charge in [0.05, 0.1) is 17.6 Å². The molecule has 23 heavy (non-hydrogen) atoms. The lowest BCUT2D eigenvalue weighted by Gasteiger charge is -2.22. The molecule has 1 unspecified atom stereocenters. The number of nitrogens with zero attached hydrogens (tertiary/aromatic N) is 4. The van der Waals surface area contributed by atoms with E-state index in [1.54, 1.807) is 4.68 Å². The Kier molecular flexibility index (Phi) is 3.30. The van der Waals surface area contributed by atoms with Crippen LogP contribution in [0.2, 0.25) is 0 Å². The largest absolute Gasteiger partial charge is 0.341 e. The van der Waals surface area contributed by atoms with E-state index < -0.39 is 0 Å². The number of aromatic amines is 1. The zero-order chi connectivity index (χ0) is 15.8.